The third-order valence-corrected chi connectivity index (χ3v) is 4.42. The molecule has 1 atom stereocenters. The second-order valence-corrected chi connectivity index (χ2v) is 5.94. The van der Waals surface area contributed by atoms with Gasteiger partial charge < -0.3 is 10.6 Å². The summed E-state index contributed by atoms with van der Waals surface area (Å²) in [4.78, 5) is 53.6. The number of pyridine rings is 1. The van der Waals surface area contributed by atoms with Crippen molar-refractivity contribution in [2.45, 2.75) is 6.42 Å². The van der Waals surface area contributed by atoms with Crippen LogP contribution in [0.15, 0.2) is 21.9 Å². The Hall–Kier alpha value is -2.97. The van der Waals surface area contributed by atoms with Crippen molar-refractivity contribution in [2.24, 2.45) is 25.7 Å². The van der Waals surface area contributed by atoms with E-state index in [-0.39, 0.29) is 35.0 Å². The Morgan fingerprint density at radius 2 is 1.96 bits per heavy atom. The number of carbonyl (C=O) groups is 2. The summed E-state index contributed by atoms with van der Waals surface area (Å²) in [5, 5.41) is 0.191. The lowest BCUT2D eigenvalue weighted by Crippen LogP contribution is -2.37. The third-order valence-electron chi connectivity index (χ3n) is 4.42. The fourth-order valence-corrected chi connectivity index (χ4v) is 2.94. The highest BCUT2D eigenvalue weighted by Gasteiger charge is 2.30. The Morgan fingerprint density at radius 3 is 2.58 bits per heavy atom. The van der Waals surface area contributed by atoms with Gasteiger partial charge in [-0.2, -0.15) is 0 Å². The van der Waals surface area contributed by atoms with E-state index >= 15 is 0 Å². The predicted octanol–water partition coefficient (Wildman–Crippen LogP) is -1.42. The Morgan fingerprint density at radius 1 is 1.25 bits per heavy atom. The molecule has 24 heavy (non-hydrogen) atoms. The lowest BCUT2D eigenvalue weighted by atomic mass is 10.1. The summed E-state index contributed by atoms with van der Waals surface area (Å²) in [6, 6.07) is 1.43. The molecule has 1 aliphatic heterocycles. The van der Waals surface area contributed by atoms with E-state index < -0.39 is 17.2 Å². The van der Waals surface area contributed by atoms with Crippen molar-refractivity contribution in [2.75, 3.05) is 13.1 Å². The highest BCUT2D eigenvalue weighted by molar-refractivity contribution is 5.97. The van der Waals surface area contributed by atoms with Crippen molar-refractivity contribution < 1.29 is 9.59 Å². The number of aryl methyl sites for hydroxylation is 1. The van der Waals surface area contributed by atoms with Gasteiger partial charge in [-0.3, -0.25) is 23.5 Å². The summed E-state index contributed by atoms with van der Waals surface area (Å²) in [6.45, 7) is 0.688. The quantitative estimate of drug-likeness (QED) is 0.724. The van der Waals surface area contributed by atoms with Gasteiger partial charge in [-0.1, -0.05) is 0 Å². The fraction of sp³-hybridized carbons (Fsp3) is 0.400. The Bertz CT molecular complexity index is 974. The average Bonchev–Trinajstić information content (AvgIpc) is 3.07. The number of hydrogen-bond donors (Lipinski definition) is 1. The maximum absolute atomic E-state index is 12.6. The van der Waals surface area contributed by atoms with Crippen LogP contribution < -0.4 is 17.0 Å². The molecule has 0 bridgehead atoms. The minimum Gasteiger partial charge on any atom is -0.369 e. The van der Waals surface area contributed by atoms with E-state index in [4.69, 9.17) is 5.73 Å². The van der Waals surface area contributed by atoms with Crippen LogP contribution in [-0.4, -0.2) is 43.9 Å². The molecule has 3 heterocycles. The maximum atomic E-state index is 12.6. The predicted molar refractivity (Wildman–Crippen MR) is 85.4 cm³/mol. The van der Waals surface area contributed by atoms with Crippen molar-refractivity contribution in [3.05, 3.63) is 38.7 Å². The van der Waals surface area contributed by atoms with E-state index in [1.54, 1.807) is 0 Å². The molecular formula is C15H17N5O4. The fourth-order valence-electron chi connectivity index (χ4n) is 2.94. The van der Waals surface area contributed by atoms with E-state index in [1.165, 1.54) is 35.8 Å². The topological polar surface area (TPSA) is 120 Å². The van der Waals surface area contributed by atoms with Crippen LogP contribution in [0.1, 0.15) is 16.8 Å². The monoisotopic (exact) mass is 331 g/mol. The minimum atomic E-state index is -0.508. The zero-order valence-electron chi connectivity index (χ0n) is 13.4. The van der Waals surface area contributed by atoms with Crippen LogP contribution in [0.3, 0.4) is 0 Å². The Labute approximate surface area is 136 Å². The van der Waals surface area contributed by atoms with Crippen molar-refractivity contribution in [3.8, 4) is 0 Å². The summed E-state index contributed by atoms with van der Waals surface area (Å²) in [5.74, 6) is -1.09. The minimum absolute atomic E-state index is 0.191. The number of aromatic nitrogens is 3. The molecule has 0 aliphatic carbocycles. The largest absolute Gasteiger partial charge is 0.369 e. The average molecular weight is 331 g/mol. The number of amides is 2. The number of rotatable bonds is 2. The van der Waals surface area contributed by atoms with Gasteiger partial charge in [0.25, 0.3) is 11.5 Å². The first-order valence-electron chi connectivity index (χ1n) is 7.45. The van der Waals surface area contributed by atoms with E-state index in [9.17, 15) is 19.2 Å². The van der Waals surface area contributed by atoms with Crippen LogP contribution in [0.25, 0.3) is 11.0 Å². The summed E-state index contributed by atoms with van der Waals surface area (Å²) in [6.07, 6.45) is 1.86. The molecule has 2 aromatic heterocycles. The van der Waals surface area contributed by atoms with Gasteiger partial charge in [0, 0.05) is 33.4 Å². The molecule has 1 aliphatic rings. The summed E-state index contributed by atoms with van der Waals surface area (Å²) >= 11 is 0. The lowest BCUT2D eigenvalue weighted by Gasteiger charge is -2.16. The van der Waals surface area contributed by atoms with Crippen LogP contribution in [0, 0.1) is 5.92 Å². The molecule has 0 unspecified atom stereocenters. The summed E-state index contributed by atoms with van der Waals surface area (Å²) in [7, 11) is 2.88. The molecule has 0 saturated carbocycles. The van der Waals surface area contributed by atoms with Crippen molar-refractivity contribution in [3.63, 3.8) is 0 Å². The second-order valence-electron chi connectivity index (χ2n) is 5.94. The molecule has 0 aromatic carbocycles. The van der Waals surface area contributed by atoms with E-state index in [1.807, 2.05) is 0 Å². The molecule has 0 radical (unpaired) electrons. The summed E-state index contributed by atoms with van der Waals surface area (Å²) < 4.78 is 2.22. The molecule has 126 valence electrons. The van der Waals surface area contributed by atoms with Crippen LogP contribution in [0.4, 0.5) is 0 Å². The van der Waals surface area contributed by atoms with E-state index in [0.29, 0.717) is 13.0 Å². The van der Waals surface area contributed by atoms with Crippen LogP contribution >= 0.6 is 0 Å². The number of carbonyl (C=O) groups excluding carboxylic acids is 2. The molecule has 3 rings (SSSR count). The van der Waals surface area contributed by atoms with Crippen molar-refractivity contribution in [1.29, 1.82) is 0 Å². The van der Waals surface area contributed by atoms with Gasteiger partial charge in [-0.25, -0.2) is 9.78 Å². The smallest absolute Gasteiger partial charge is 0.332 e. The standard InChI is InChI=1S/C15H17N5O4/c1-18-12-10(14(23)19(2)15(18)24)5-9(6-17-12)13(22)20-4-3-8(7-20)11(16)21/h5-6,8H,3-4,7H2,1-2H3,(H2,16,21)/t8-/m1/s1. The van der Waals surface area contributed by atoms with Crippen LogP contribution in [0.5, 0.6) is 0 Å². The molecule has 0 spiro atoms. The molecule has 9 heteroatoms. The molecule has 1 saturated heterocycles. The first kappa shape index (κ1) is 15.9. The maximum Gasteiger partial charge on any atom is 0.332 e. The Balaban J connectivity index is 2.03. The van der Waals surface area contributed by atoms with Gasteiger partial charge in [-0.05, 0) is 12.5 Å². The summed E-state index contributed by atoms with van der Waals surface area (Å²) in [5.41, 5.74) is 4.74. The first-order chi connectivity index (χ1) is 11.3. The second kappa shape index (κ2) is 5.59. The van der Waals surface area contributed by atoms with E-state index in [0.717, 1.165) is 4.57 Å². The Kier molecular flexibility index (Phi) is 3.70. The number of nitrogens with zero attached hydrogens (tertiary/aromatic N) is 4. The van der Waals surface area contributed by atoms with Crippen LogP contribution in [0.2, 0.25) is 0 Å². The molecular weight excluding hydrogens is 314 g/mol. The van der Waals surface area contributed by atoms with Crippen molar-refractivity contribution in [1.82, 2.24) is 19.0 Å². The molecule has 2 amide bonds. The molecule has 2 N–H and O–H groups in total. The molecule has 1 fully saturated rings. The van der Waals surface area contributed by atoms with Gasteiger partial charge in [0.1, 0.15) is 5.65 Å². The van der Waals surface area contributed by atoms with Gasteiger partial charge in [0.2, 0.25) is 5.91 Å². The third kappa shape index (κ3) is 2.38. The SMILES string of the molecule is Cn1c(=O)c2cc(C(=O)N3CC[C@@H](C(N)=O)C3)cnc2n(C)c1=O. The number of primary amides is 1. The number of fused-ring (bicyclic) bond motifs is 1. The van der Waals surface area contributed by atoms with Crippen molar-refractivity contribution >= 4 is 22.8 Å². The number of nitrogens with two attached hydrogens (primary N) is 1. The zero-order chi connectivity index (χ0) is 17.6. The van der Waals surface area contributed by atoms with Gasteiger partial charge in [0.15, 0.2) is 0 Å². The van der Waals surface area contributed by atoms with E-state index in [2.05, 4.69) is 4.98 Å². The number of hydrogen-bond acceptors (Lipinski definition) is 5. The lowest BCUT2D eigenvalue weighted by molar-refractivity contribution is -0.121. The van der Waals surface area contributed by atoms with Crippen LogP contribution in [-0.2, 0) is 18.9 Å². The van der Waals surface area contributed by atoms with Gasteiger partial charge in [-0.15, -0.1) is 0 Å². The highest BCUT2D eigenvalue weighted by Crippen LogP contribution is 2.19. The van der Waals surface area contributed by atoms with Gasteiger partial charge in [0.05, 0.1) is 16.9 Å². The first-order valence-corrected chi connectivity index (χ1v) is 7.45. The zero-order valence-corrected chi connectivity index (χ0v) is 13.4. The van der Waals surface area contributed by atoms with Gasteiger partial charge >= 0.3 is 5.69 Å². The number of likely N-dealkylation sites (tertiary alicyclic amines) is 1. The molecule has 9 nitrogen and oxygen atoms in total. The normalized spacial score (nSPS) is 17.4. The molecule has 2 aromatic rings. The highest BCUT2D eigenvalue weighted by atomic mass is 16.2.